The van der Waals surface area contributed by atoms with E-state index in [1.165, 1.54) is 22.9 Å². The van der Waals surface area contributed by atoms with E-state index in [1.54, 1.807) is 29.2 Å². The maximum atomic E-state index is 12.4. The number of nitrogens with one attached hydrogen (secondary N) is 1. The highest BCUT2D eigenvalue weighted by atomic mass is 32.2. The molecule has 0 saturated heterocycles. The molecule has 26 heavy (non-hydrogen) atoms. The lowest BCUT2D eigenvalue weighted by Gasteiger charge is -2.19. The van der Waals surface area contributed by atoms with Gasteiger partial charge in [-0.25, -0.2) is 0 Å². The molecule has 2 rings (SSSR count). The molecule has 0 radical (unpaired) electrons. The van der Waals surface area contributed by atoms with Gasteiger partial charge >= 0.3 is 0 Å². The predicted octanol–water partition coefficient (Wildman–Crippen LogP) is 4.52. The molecule has 0 aliphatic carbocycles. The molecule has 0 saturated carbocycles. The first-order valence-electron chi connectivity index (χ1n) is 8.83. The summed E-state index contributed by atoms with van der Waals surface area (Å²) in [5.74, 6) is 0.233. The van der Waals surface area contributed by atoms with Gasteiger partial charge in [-0.1, -0.05) is 23.8 Å². The van der Waals surface area contributed by atoms with Gasteiger partial charge in [0.2, 0.25) is 5.91 Å². The van der Waals surface area contributed by atoms with E-state index in [9.17, 15) is 9.59 Å². The number of hydrogen-bond acceptors (Lipinski definition) is 3. The summed E-state index contributed by atoms with van der Waals surface area (Å²) < 4.78 is 0. The standard InChI is InChI=1S/C21H26N2O2S/c1-5-23(6-2)21(25)17-8-7-9-18(13-17)22-20(24)14-26-19-11-10-15(3)12-16(19)4/h7-13H,5-6,14H2,1-4H3,(H,22,24). The van der Waals surface area contributed by atoms with Gasteiger partial charge in [-0.05, 0) is 57.5 Å². The number of benzene rings is 2. The summed E-state index contributed by atoms with van der Waals surface area (Å²) in [6.07, 6.45) is 0. The third kappa shape index (κ3) is 5.36. The van der Waals surface area contributed by atoms with Crippen LogP contribution < -0.4 is 5.32 Å². The highest BCUT2D eigenvalue weighted by Crippen LogP contribution is 2.23. The zero-order valence-electron chi connectivity index (χ0n) is 15.8. The monoisotopic (exact) mass is 370 g/mol. The molecule has 0 spiro atoms. The average Bonchev–Trinajstić information content (AvgIpc) is 2.62. The smallest absolute Gasteiger partial charge is 0.253 e. The maximum Gasteiger partial charge on any atom is 0.253 e. The van der Waals surface area contributed by atoms with Gasteiger partial charge < -0.3 is 10.2 Å². The molecule has 0 fully saturated rings. The Labute approximate surface area is 160 Å². The number of rotatable bonds is 7. The number of amides is 2. The second-order valence-corrected chi connectivity index (χ2v) is 7.18. The van der Waals surface area contributed by atoms with E-state index in [0.717, 1.165) is 4.90 Å². The molecule has 0 aliphatic heterocycles. The third-order valence-corrected chi connectivity index (χ3v) is 5.31. The quantitative estimate of drug-likeness (QED) is 0.729. The van der Waals surface area contributed by atoms with Crippen LogP contribution in [0.5, 0.6) is 0 Å². The maximum absolute atomic E-state index is 12.4. The van der Waals surface area contributed by atoms with Crippen LogP contribution in [0.3, 0.4) is 0 Å². The van der Waals surface area contributed by atoms with Crippen molar-refractivity contribution >= 4 is 29.3 Å². The zero-order valence-corrected chi connectivity index (χ0v) is 16.7. The number of hydrogen-bond donors (Lipinski definition) is 1. The third-order valence-electron chi connectivity index (χ3n) is 4.13. The van der Waals surface area contributed by atoms with Crippen molar-refractivity contribution in [3.05, 3.63) is 59.2 Å². The second kappa shape index (κ2) is 9.43. The minimum atomic E-state index is -0.0811. The molecule has 2 aromatic carbocycles. The fourth-order valence-electron chi connectivity index (χ4n) is 2.73. The first-order valence-corrected chi connectivity index (χ1v) is 9.82. The number of aryl methyl sites for hydroxylation is 2. The van der Waals surface area contributed by atoms with Crippen LogP contribution in [0, 0.1) is 13.8 Å². The summed E-state index contributed by atoms with van der Waals surface area (Å²) in [6, 6.07) is 13.3. The molecule has 138 valence electrons. The molecule has 0 unspecified atom stereocenters. The normalized spacial score (nSPS) is 10.5. The van der Waals surface area contributed by atoms with E-state index in [4.69, 9.17) is 0 Å². The fourth-order valence-corrected chi connectivity index (χ4v) is 3.53. The average molecular weight is 371 g/mol. The Bertz CT molecular complexity index is 785. The molecule has 2 amide bonds. The topological polar surface area (TPSA) is 49.4 Å². The summed E-state index contributed by atoms with van der Waals surface area (Å²) in [5.41, 5.74) is 3.63. The largest absolute Gasteiger partial charge is 0.339 e. The van der Waals surface area contributed by atoms with E-state index in [2.05, 4.69) is 31.3 Å². The SMILES string of the molecule is CCN(CC)C(=O)c1cccc(NC(=O)CSc2ccc(C)cc2C)c1. The first-order chi connectivity index (χ1) is 12.4. The highest BCUT2D eigenvalue weighted by Gasteiger charge is 2.13. The van der Waals surface area contributed by atoms with Gasteiger partial charge in [0.1, 0.15) is 0 Å². The molecule has 0 heterocycles. The molecule has 2 aromatic rings. The molecule has 1 N–H and O–H groups in total. The number of anilines is 1. The molecule has 5 heteroatoms. The summed E-state index contributed by atoms with van der Waals surface area (Å²) in [7, 11) is 0. The lowest BCUT2D eigenvalue weighted by atomic mass is 10.1. The van der Waals surface area contributed by atoms with E-state index in [1.807, 2.05) is 19.9 Å². The van der Waals surface area contributed by atoms with Gasteiger partial charge in [0.15, 0.2) is 0 Å². The van der Waals surface area contributed by atoms with Crippen molar-refractivity contribution in [2.75, 3.05) is 24.2 Å². The van der Waals surface area contributed by atoms with Gasteiger partial charge in [0, 0.05) is 29.2 Å². The lowest BCUT2D eigenvalue weighted by Crippen LogP contribution is -2.30. The predicted molar refractivity (Wildman–Crippen MR) is 109 cm³/mol. The molecule has 0 atom stereocenters. The van der Waals surface area contributed by atoms with E-state index in [0.29, 0.717) is 30.1 Å². The van der Waals surface area contributed by atoms with Gasteiger partial charge in [-0.2, -0.15) is 0 Å². The Morgan fingerprint density at radius 2 is 1.77 bits per heavy atom. The Hall–Kier alpha value is -2.27. The van der Waals surface area contributed by atoms with Gasteiger partial charge in [0.05, 0.1) is 5.75 Å². The Kier molecular flexibility index (Phi) is 7.27. The fraction of sp³-hybridized carbons (Fsp3) is 0.333. The second-order valence-electron chi connectivity index (χ2n) is 6.16. The van der Waals surface area contributed by atoms with Gasteiger partial charge in [-0.15, -0.1) is 11.8 Å². The van der Waals surface area contributed by atoms with E-state index in [-0.39, 0.29) is 11.8 Å². The van der Waals surface area contributed by atoms with Crippen molar-refractivity contribution in [2.24, 2.45) is 0 Å². The lowest BCUT2D eigenvalue weighted by molar-refractivity contribution is -0.113. The van der Waals surface area contributed by atoms with Crippen LogP contribution in [-0.4, -0.2) is 35.6 Å². The minimum Gasteiger partial charge on any atom is -0.339 e. The van der Waals surface area contributed by atoms with Crippen LogP contribution >= 0.6 is 11.8 Å². The number of thioether (sulfide) groups is 1. The van der Waals surface area contributed by atoms with Crippen LogP contribution in [0.4, 0.5) is 5.69 Å². The van der Waals surface area contributed by atoms with Crippen molar-refractivity contribution in [3.63, 3.8) is 0 Å². The summed E-state index contributed by atoms with van der Waals surface area (Å²) in [5, 5.41) is 2.88. The summed E-state index contributed by atoms with van der Waals surface area (Å²) >= 11 is 1.52. The Morgan fingerprint density at radius 1 is 1.04 bits per heavy atom. The molecule has 0 bridgehead atoms. The van der Waals surface area contributed by atoms with E-state index >= 15 is 0 Å². The molecular formula is C21H26N2O2S. The highest BCUT2D eigenvalue weighted by molar-refractivity contribution is 8.00. The zero-order chi connectivity index (χ0) is 19.1. The van der Waals surface area contributed by atoms with Crippen LogP contribution in [-0.2, 0) is 4.79 Å². The Morgan fingerprint density at radius 3 is 2.42 bits per heavy atom. The van der Waals surface area contributed by atoms with Crippen molar-refractivity contribution in [3.8, 4) is 0 Å². The number of nitrogens with zero attached hydrogens (tertiary/aromatic N) is 1. The molecule has 0 aliphatic rings. The van der Waals surface area contributed by atoms with Crippen molar-refractivity contribution in [1.29, 1.82) is 0 Å². The van der Waals surface area contributed by atoms with Crippen molar-refractivity contribution in [2.45, 2.75) is 32.6 Å². The molecule has 0 aromatic heterocycles. The Balaban J connectivity index is 1.98. The van der Waals surface area contributed by atoms with Crippen LogP contribution in [0.2, 0.25) is 0 Å². The van der Waals surface area contributed by atoms with Crippen LogP contribution in [0.1, 0.15) is 35.3 Å². The summed E-state index contributed by atoms with van der Waals surface area (Å²) in [6.45, 7) is 9.35. The molecular weight excluding hydrogens is 344 g/mol. The summed E-state index contributed by atoms with van der Waals surface area (Å²) in [4.78, 5) is 27.6. The first kappa shape index (κ1) is 20.0. The molecule has 4 nitrogen and oxygen atoms in total. The van der Waals surface area contributed by atoms with E-state index < -0.39 is 0 Å². The number of carbonyl (C=O) groups is 2. The van der Waals surface area contributed by atoms with Crippen LogP contribution in [0.15, 0.2) is 47.4 Å². The minimum absolute atomic E-state index is 0.0178. The van der Waals surface area contributed by atoms with Crippen molar-refractivity contribution < 1.29 is 9.59 Å². The van der Waals surface area contributed by atoms with Crippen LogP contribution in [0.25, 0.3) is 0 Å². The number of carbonyl (C=O) groups excluding carboxylic acids is 2. The van der Waals surface area contributed by atoms with Gasteiger partial charge in [0.25, 0.3) is 5.91 Å². The van der Waals surface area contributed by atoms with Gasteiger partial charge in [-0.3, -0.25) is 9.59 Å². The van der Waals surface area contributed by atoms with Crippen molar-refractivity contribution in [1.82, 2.24) is 4.90 Å².